The van der Waals surface area contributed by atoms with Crippen LogP contribution >= 0.6 is 34.8 Å². The monoisotopic (exact) mass is 265 g/mol. The van der Waals surface area contributed by atoms with Gasteiger partial charge in [0.2, 0.25) is 5.78 Å². The quantitative estimate of drug-likeness (QED) is 0.670. The standard InChI is InChI=1S/C10H10Cl3NO/c11-10(12,13)9(15)8-5-6-3-1-2-4-7(6)14-8/h5,8H,1-4H2/t8-/m1/s1. The molecule has 15 heavy (non-hydrogen) atoms. The zero-order chi connectivity index (χ0) is 11.1. The van der Waals surface area contributed by atoms with Crippen molar-refractivity contribution in [2.45, 2.75) is 35.5 Å². The molecule has 0 aromatic rings. The predicted molar refractivity (Wildman–Crippen MR) is 63.1 cm³/mol. The number of Topliss-reactive ketones (excluding diaryl/α,β-unsaturated/α-hetero) is 1. The molecule has 0 aromatic carbocycles. The summed E-state index contributed by atoms with van der Waals surface area (Å²) < 4.78 is -1.86. The molecule has 0 aromatic heterocycles. The summed E-state index contributed by atoms with van der Waals surface area (Å²) in [7, 11) is 0. The molecule has 2 nitrogen and oxygen atoms in total. The number of aliphatic imine (C=N–C) groups is 1. The molecule has 2 rings (SSSR count). The average Bonchev–Trinajstić information content (AvgIpc) is 2.58. The second-order valence-corrected chi connectivity index (χ2v) is 6.06. The van der Waals surface area contributed by atoms with E-state index in [9.17, 15) is 4.79 Å². The Labute approximate surface area is 103 Å². The van der Waals surface area contributed by atoms with Gasteiger partial charge in [0, 0.05) is 5.71 Å². The Balaban J connectivity index is 2.18. The molecule has 82 valence electrons. The average molecular weight is 267 g/mol. The predicted octanol–water partition coefficient (Wildman–Crippen LogP) is 3.25. The minimum atomic E-state index is -1.86. The summed E-state index contributed by atoms with van der Waals surface area (Å²) in [6.07, 6.45) is 6.04. The van der Waals surface area contributed by atoms with Gasteiger partial charge in [-0.15, -0.1) is 0 Å². The smallest absolute Gasteiger partial charge is 0.251 e. The van der Waals surface area contributed by atoms with E-state index >= 15 is 0 Å². The molecule has 0 bridgehead atoms. The molecule has 5 heteroatoms. The number of nitrogens with zero attached hydrogens (tertiary/aromatic N) is 1. The van der Waals surface area contributed by atoms with Gasteiger partial charge >= 0.3 is 0 Å². The summed E-state index contributed by atoms with van der Waals surface area (Å²) in [6, 6.07) is -0.583. The Kier molecular flexibility index (Phi) is 3.11. The van der Waals surface area contributed by atoms with E-state index in [4.69, 9.17) is 34.8 Å². The zero-order valence-electron chi connectivity index (χ0n) is 7.97. The van der Waals surface area contributed by atoms with Gasteiger partial charge in [0.1, 0.15) is 6.04 Å². The summed E-state index contributed by atoms with van der Waals surface area (Å²) in [5.74, 6) is -0.457. The van der Waals surface area contributed by atoms with Gasteiger partial charge in [0.05, 0.1) is 0 Å². The van der Waals surface area contributed by atoms with Crippen LogP contribution in [0.5, 0.6) is 0 Å². The van der Waals surface area contributed by atoms with Crippen molar-refractivity contribution in [2.75, 3.05) is 0 Å². The summed E-state index contributed by atoms with van der Waals surface area (Å²) in [5.41, 5.74) is 2.18. The van der Waals surface area contributed by atoms with E-state index in [1.807, 2.05) is 6.08 Å². The second kappa shape index (κ2) is 4.08. The summed E-state index contributed by atoms with van der Waals surface area (Å²) >= 11 is 16.6. The number of allylic oxidation sites excluding steroid dienone is 1. The molecule has 1 fully saturated rings. The van der Waals surface area contributed by atoms with Crippen molar-refractivity contribution < 1.29 is 4.79 Å². The summed E-state index contributed by atoms with van der Waals surface area (Å²) in [4.78, 5) is 16.0. The van der Waals surface area contributed by atoms with Gasteiger partial charge in [-0.05, 0) is 37.3 Å². The van der Waals surface area contributed by atoms with E-state index in [0.717, 1.165) is 37.0 Å². The fourth-order valence-corrected chi connectivity index (χ4v) is 2.27. The molecular formula is C10H10Cl3NO. The normalized spacial score (nSPS) is 25.7. The summed E-state index contributed by atoms with van der Waals surface area (Å²) in [5, 5.41) is 0. The molecule has 0 saturated heterocycles. The Bertz CT molecular complexity index is 332. The maximum absolute atomic E-state index is 11.7. The van der Waals surface area contributed by atoms with Crippen LogP contribution in [0.4, 0.5) is 0 Å². The van der Waals surface area contributed by atoms with Crippen LogP contribution in [0.2, 0.25) is 0 Å². The number of hydrogen-bond donors (Lipinski definition) is 0. The van der Waals surface area contributed by atoms with E-state index in [2.05, 4.69) is 4.99 Å². The van der Waals surface area contributed by atoms with Gasteiger partial charge < -0.3 is 0 Å². The van der Waals surface area contributed by atoms with Crippen LogP contribution in [0.3, 0.4) is 0 Å². The fraction of sp³-hybridized carbons (Fsp3) is 0.600. The number of fused-ring (bicyclic) bond motifs is 1. The van der Waals surface area contributed by atoms with Gasteiger partial charge in [0.25, 0.3) is 3.79 Å². The zero-order valence-corrected chi connectivity index (χ0v) is 10.2. The molecule has 0 amide bonds. The summed E-state index contributed by atoms with van der Waals surface area (Å²) in [6.45, 7) is 0. The molecular weight excluding hydrogens is 256 g/mol. The highest BCUT2D eigenvalue weighted by Crippen LogP contribution is 2.33. The number of rotatable bonds is 1. The Morgan fingerprint density at radius 2 is 2.00 bits per heavy atom. The largest absolute Gasteiger partial charge is 0.292 e. The lowest BCUT2D eigenvalue weighted by Gasteiger charge is -2.12. The third kappa shape index (κ3) is 2.38. The van der Waals surface area contributed by atoms with E-state index in [1.54, 1.807) is 0 Å². The topological polar surface area (TPSA) is 29.4 Å². The minimum absolute atomic E-state index is 0.457. The molecule has 1 aliphatic carbocycles. The van der Waals surface area contributed by atoms with Crippen molar-refractivity contribution in [1.29, 1.82) is 0 Å². The molecule has 0 N–H and O–H groups in total. The van der Waals surface area contributed by atoms with Crippen molar-refractivity contribution in [3.8, 4) is 0 Å². The first-order chi connectivity index (χ1) is 6.98. The van der Waals surface area contributed by atoms with E-state index in [-0.39, 0.29) is 0 Å². The maximum atomic E-state index is 11.7. The lowest BCUT2D eigenvalue weighted by Crippen LogP contribution is -2.28. The molecule has 0 radical (unpaired) electrons. The highest BCUT2D eigenvalue weighted by molar-refractivity contribution is 6.76. The van der Waals surface area contributed by atoms with E-state index in [1.165, 1.54) is 0 Å². The van der Waals surface area contributed by atoms with Gasteiger partial charge in [-0.3, -0.25) is 9.79 Å². The van der Waals surface area contributed by atoms with Gasteiger partial charge in [0.15, 0.2) is 0 Å². The van der Waals surface area contributed by atoms with Crippen LogP contribution in [-0.2, 0) is 4.79 Å². The number of carbonyl (C=O) groups excluding carboxylic acids is 1. The van der Waals surface area contributed by atoms with Gasteiger partial charge in [-0.25, -0.2) is 0 Å². The van der Waals surface area contributed by atoms with Crippen molar-refractivity contribution in [1.82, 2.24) is 0 Å². The first kappa shape index (κ1) is 11.4. The molecule has 2 aliphatic rings. The highest BCUT2D eigenvalue weighted by atomic mass is 35.6. The molecule has 1 atom stereocenters. The number of ketones is 1. The molecule has 0 spiro atoms. The molecule has 1 aliphatic heterocycles. The number of alkyl halides is 3. The number of halogens is 3. The Morgan fingerprint density at radius 3 is 2.60 bits per heavy atom. The first-order valence-electron chi connectivity index (χ1n) is 4.87. The van der Waals surface area contributed by atoms with Crippen LogP contribution in [0.25, 0.3) is 0 Å². The molecule has 0 unspecified atom stereocenters. The first-order valence-corrected chi connectivity index (χ1v) is 6.00. The fourth-order valence-electron chi connectivity index (χ4n) is 1.94. The highest BCUT2D eigenvalue weighted by Gasteiger charge is 2.38. The number of carbonyl (C=O) groups is 1. The van der Waals surface area contributed by atoms with E-state index < -0.39 is 15.6 Å². The van der Waals surface area contributed by atoms with Crippen molar-refractivity contribution in [3.05, 3.63) is 11.6 Å². The lowest BCUT2D eigenvalue weighted by atomic mass is 9.93. The number of hydrogen-bond acceptors (Lipinski definition) is 2. The SMILES string of the molecule is O=C([C@H]1C=C2CCCCC2=N1)C(Cl)(Cl)Cl. The van der Waals surface area contributed by atoms with Crippen LogP contribution in [0, 0.1) is 0 Å². The Hall–Kier alpha value is -0.0500. The second-order valence-electron chi connectivity index (χ2n) is 3.78. The van der Waals surface area contributed by atoms with Crippen molar-refractivity contribution >= 4 is 46.3 Å². The van der Waals surface area contributed by atoms with Crippen LogP contribution < -0.4 is 0 Å². The third-order valence-corrected chi connectivity index (χ3v) is 3.24. The Morgan fingerprint density at radius 1 is 1.33 bits per heavy atom. The maximum Gasteiger partial charge on any atom is 0.251 e. The minimum Gasteiger partial charge on any atom is -0.292 e. The van der Waals surface area contributed by atoms with Crippen LogP contribution in [-0.4, -0.2) is 21.3 Å². The van der Waals surface area contributed by atoms with Crippen molar-refractivity contribution in [3.63, 3.8) is 0 Å². The van der Waals surface area contributed by atoms with Crippen LogP contribution in [0.1, 0.15) is 25.7 Å². The van der Waals surface area contributed by atoms with Gasteiger partial charge in [-0.1, -0.05) is 34.8 Å². The van der Waals surface area contributed by atoms with Crippen molar-refractivity contribution in [2.24, 2.45) is 4.99 Å². The lowest BCUT2D eigenvalue weighted by molar-refractivity contribution is -0.118. The van der Waals surface area contributed by atoms with Gasteiger partial charge in [-0.2, -0.15) is 0 Å². The molecule has 1 heterocycles. The van der Waals surface area contributed by atoms with Crippen LogP contribution in [0.15, 0.2) is 16.6 Å². The third-order valence-electron chi connectivity index (χ3n) is 2.68. The van der Waals surface area contributed by atoms with E-state index in [0.29, 0.717) is 0 Å². The molecule has 1 saturated carbocycles.